The standard InChI is InChI=1S/C12H19ClO5/c1-11(2)14-5-6(16-11)7-8-9(10(13)15-7)18-12(3,4)17-8/h6-10H,5H2,1-4H3/t6-,7-,8+,9+,10?/m1/s1. The van der Waals surface area contributed by atoms with Crippen molar-refractivity contribution in [2.75, 3.05) is 6.61 Å². The van der Waals surface area contributed by atoms with Crippen molar-refractivity contribution in [3.05, 3.63) is 0 Å². The molecule has 3 rings (SSSR count). The fraction of sp³-hybridized carbons (Fsp3) is 1.00. The zero-order chi connectivity index (χ0) is 13.1. The summed E-state index contributed by atoms with van der Waals surface area (Å²) in [7, 11) is 0. The minimum absolute atomic E-state index is 0.172. The van der Waals surface area contributed by atoms with E-state index in [1.165, 1.54) is 0 Å². The zero-order valence-electron chi connectivity index (χ0n) is 11.0. The second kappa shape index (κ2) is 4.04. The summed E-state index contributed by atoms with van der Waals surface area (Å²) in [5, 5.41) is 0. The van der Waals surface area contributed by atoms with E-state index in [-0.39, 0.29) is 24.4 Å². The lowest BCUT2D eigenvalue weighted by molar-refractivity contribution is -0.199. The van der Waals surface area contributed by atoms with Crippen molar-refractivity contribution in [1.29, 1.82) is 0 Å². The van der Waals surface area contributed by atoms with Crippen molar-refractivity contribution in [3.8, 4) is 0 Å². The van der Waals surface area contributed by atoms with Gasteiger partial charge < -0.3 is 23.7 Å². The molecule has 1 unspecified atom stereocenters. The Bertz CT molecular complexity index is 345. The largest absolute Gasteiger partial charge is 0.351 e. The third kappa shape index (κ3) is 2.17. The maximum absolute atomic E-state index is 6.16. The molecule has 0 aliphatic carbocycles. The van der Waals surface area contributed by atoms with Crippen LogP contribution in [-0.4, -0.2) is 48.2 Å². The molecule has 0 saturated carbocycles. The van der Waals surface area contributed by atoms with Crippen LogP contribution in [0.15, 0.2) is 0 Å². The second-order valence-electron chi connectivity index (χ2n) is 5.88. The number of fused-ring (bicyclic) bond motifs is 1. The first-order valence-electron chi connectivity index (χ1n) is 6.24. The van der Waals surface area contributed by atoms with E-state index in [9.17, 15) is 0 Å². The van der Waals surface area contributed by atoms with Crippen molar-refractivity contribution >= 4 is 11.6 Å². The summed E-state index contributed by atoms with van der Waals surface area (Å²) < 4.78 is 28.7. The molecule has 3 fully saturated rings. The average molecular weight is 279 g/mol. The van der Waals surface area contributed by atoms with Gasteiger partial charge in [-0.2, -0.15) is 0 Å². The van der Waals surface area contributed by atoms with Crippen LogP contribution in [0.1, 0.15) is 27.7 Å². The van der Waals surface area contributed by atoms with Crippen LogP contribution in [0.3, 0.4) is 0 Å². The Morgan fingerprint density at radius 2 is 1.56 bits per heavy atom. The van der Waals surface area contributed by atoms with E-state index in [1.54, 1.807) is 0 Å². The van der Waals surface area contributed by atoms with Gasteiger partial charge >= 0.3 is 0 Å². The molecule has 0 spiro atoms. The number of ether oxygens (including phenoxy) is 5. The lowest BCUT2D eigenvalue weighted by atomic mass is 10.1. The zero-order valence-corrected chi connectivity index (χ0v) is 11.8. The molecule has 104 valence electrons. The molecule has 3 aliphatic rings. The first-order chi connectivity index (χ1) is 8.27. The summed E-state index contributed by atoms with van der Waals surface area (Å²) in [5.41, 5.74) is -0.505. The molecule has 5 nitrogen and oxygen atoms in total. The summed E-state index contributed by atoms with van der Waals surface area (Å²) in [5.74, 6) is -1.21. The highest BCUT2D eigenvalue weighted by molar-refractivity contribution is 6.20. The van der Waals surface area contributed by atoms with Gasteiger partial charge in [0.1, 0.15) is 24.4 Å². The molecule has 3 aliphatic heterocycles. The van der Waals surface area contributed by atoms with E-state index >= 15 is 0 Å². The Hall–Kier alpha value is 0.0900. The molecule has 3 saturated heterocycles. The maximum Gasteiger partial charge on any atom is 0.164 e. The lowest BCUT2D eigenvalue weighted by Gasteiger charge is -2.26. The maximum atomic E-state index is 6.16. The third-order valence-corrected chi connectivity index (χ3v) is 3.78. The molecule has 0 aromatic rings. The minimum atomic E-state index is -0.626. The van der Waals surface area contributed by atoms with Gasteiger partial charge in [-0.05, 0) is 27.7 Å². The van der Waals surface area contributed by atoms with E-state index in [0.717, 1.165) is 0 Å². The summed E-state index contributed by atoms with van der Waals surface area (Å²) in [6.07, 6.45) is -0.876. The Labute approximate surface area is 112 Å². The molecular weight excluding hydrogens is 260 g/mol. The smallest absolute Gasteiger partial charge is 0.164 e. The molecule has 0 N–H and O–H groups in total. The molecule has 0 aromatic carbocycles. The summed E-state index contributed by atoms with van der Waals surface area (Å²) in [6, 6.07) is 0. The number of hydrogen-bond acceptors (Lipinski definition) is 5. The highest BCUT2D eigenvalue weighted by Gasteiger charge is 2.58. The molecule has 0 amide bonds. The molecule has 0 bridgehead atoms. The fourth-order valence-corrected chi connectivity index (χ4v) is 3.07. The predicted molar refractivity (Wildman–Crippen MR) is 63.2 cm³/mol. The van der Waals surface area contributed by atoms with Crippen LogP contribution in [0.5, 0.6) is 0 Å². The van der Waals surface area contributed by atoms with Crippen LogP contribution in [-0.2, 0) is 23.7 Å². The van der Waals surface area contributed by atoms with Crippen molar-refractivity contribution in [2.24, 2.45) is 0 Å². The van der Waals surface area contributed by atoms with Crippen molar-refractivity contribution in [1.82, 2.24) is 0 Å². The van der Waals surface area contributed by atoms with Gasteiger partial charge in [-0.3, -0.25) is 0 Å². The second-order valence-corrected chi connectivity index (χ2v) is 6.31. The minimum Gasteiger partial charge on any atom is -0.351 e. The van der Waals surface area contributed by atoms with E-state index < -0.39 is 17.1 Å². The van der Waals surface area contributed by atoms with Crippen LogP contribution < -0.4 is 0 Å². The predicted octanol–water partition coefficient (Wildman–Crippen LogP) is 1.62. The van der Waals surface area contributed by atoms with Gasteiger partial charge in [0.05, 0.1) is 6.61 Å². The van der Waals surface area contributed by atoms with Gasteiger partial charge in [-0.15, -0.1) is 0 Å². The van der Waals surface area contributed by atoms with Crippen molar-refractivity contribution < 1.29 is 23.7 Å². The first kappa shape index (κ1) is 13.1. The van der Waals surface area contributed by atoms with Gasteiger partial charge in [-0.1, -0.05) is 11.6 Å². The van der Waals surface area contributed by atoms with Crippen LogP contribution in [0.2, 0.25) is 0 Å². The van der Waals surface area contributed by atoms with Gasteiger partial charge in [0.25, 0.3) is 0 Å². The third-order valence-electron chi connectivity index (χ3n) is 3.43. The molecule has 0 radical (unpaired) electrons. The molecule has 0 aromatic heterocycles. The summed E-state index contributed by atoms with van der Waals surface area (Å²) in [6.45, 7) is 8.00. The van der Waals surface area contributed by atoms with Crippen molar-refractivity contribution in [2.45, 2.75) is 69.2 Å². The van der Waals surface area contributed by atoms with E-state index in [0.29, 0.717) is 6.61 Å². The topological polar surface area (TPSA) is 46.2 Å². The summed E-state index contributed by atoms with van der Waals surface area (Å²) in [4.78, 5) is 0. The molecular formula is C12H19ClO5. The van der Waals surface area contributed by atoms with Gasteiger partial charge in [-0.25, -0.2) is 0 Å². The van der Waals surface area contributed by atoms with E-state index in [2.05, 4.69) is 0 Å². The molecule has 5 atom stereocenters. The Morgan fingerprint density at radius 3 is 2.17 bits per heavy atom. The highest BCUT2D eigenvalue weighted by atomic mass is 35.5. The van der Waals surface area contributed by atoms with E-state index in [1.807, 2.05) is 27.7 Å². The highest BCUT2D eigenvalue weighted by Crippen LogP contribution is 2.43. The lowest BCUT2D eigenvalue weighted by Crippen LogP contribution is -2.40. The number of rotatable bonds is 1. The van der Waals surface area contributed by atoms with Crippen molar-refractivity contribution in [3.63, 3.8) is 0 Å². The quantitative estimate of drug-likeness (QED) is 0.682. The van der Waals surface area contributed by atoms with Crippen LogP contribution >= 0.6 is 11.6 Å². The number of alkyl halides is 1. The van der Waals surface area contributed by atoms with Crippen LogP contribution in [0.25, 0.3) is 0 Å². The normalized spacial score (nSPS) is 49.5. The monoisotopic (exact) mass is 278 g/mol. The molecule has 3 heterocycles. The molecule has 18 heavy (non-hydrogen) atoms. The Balaban J connectivity index is 1.75. The Kier molecular flexibility index (Phi) is 2.94. The summed E-state index contributed by atoms with van der Waals surface area (Å²) >= 11 is 6.16. The van der Waals surface area contributed by atoms with Gasteiger partial charge in [0, 0.05) is 0 Å². The molecule has 6 heteroatoms. The number of halogens is 1. The van der Waals surface area contributed by atoms with Gasteiger partial charge in [0.2, 0.25) is 0 Å². The average Bonchev–Trinajstić information content (AvgIpc) is 2.81. The Morgan fingerprint density at radius 1 is 0.889 bits per heavy atom. The van der Waals surface area contributed by atoms with E-state index in [4.69, 9.17) is 35.3 Å². The SMILES string of the molecule is CC1(C)O[C@H]2[C@@H]([C@H]3COC(C)(C)O3)OC(Cl)[C@H]2O1. The number of hydrogen-bond donors (Lipinski definition) is 0. The van der Waals surface area contributed by atoms with Crippen LogP contribution in [0, 0.1) is 0 Å². The fourth-order valence-electron chi connectivity index (χ4n) is 2.76. The van der Waals surface area contributed by atoms with Gasteiger partial charge in [0.15, 0.2) is 17.1 Å². The van der Waals surface area contributed by atoms with Crippen LogP contribution in [0.4, 0.5) is 0 Å². The first-order valence-corrected chi connectivity index (χ1v) is 6.68.